The molecule has 126 valence electrons. The van der Waals surface area contributed by atoms with Crippen LogP contribution in [0.4, 0.5) is 17.1 Å². The summed E-state index contributed by atoms with van der Waals surface area (Å²) in [6.07, 6.45) is 8.78. The SMILES string of the molecule is C1=CC2Nc3ccccc3N(c3ccc(-c4ccccc4)cc3)C2C=C1. The van der Waals surface area contributed by atoms with Gasteiger partial charge in [-0.25, -0.2) is 0 Å². The summed E-state index contributed by atoms with van der Waals surface area (Å²) in [4.78, 5) is 2.44. The zero-order valence-corrected chi connectivity index (χ0v) is 14.4. The number of nitrogens with one attached hydrogen (secondary N) is 1. The van der Waals surface area contributed by atoms with Gasteiger partial charge in [-0.05, 0) is 35.4 Å². The Morgan fingerprint density at radius 1 is 0.654 bits per heavy atom. The number of fused-ring (bicyclic) bond motifs is 2. The Bertz CT molecular complexity index is 971. The van der Waals surface area contributed by atoms with Crippen LogP contribution in [0, 0.1) is 0 Å². The molecule has 0 radical (unpaired) electrons. The van der Waals surface area contributed by atoms with Gasteiger partial charge >= 0.3 is 0 Å². The zero-order chi connectivity index (χ0) is 17.3. The third kappa shape index (κ3) is 2.51. The number of anilines is 3. The van der Waals surface area contributed by atoms with Gasteiger partial charge in [-0.15, -0.1) is 0 Å². The smallest absolute Gasteiger partial charge is 0.0763 e. The fraction of sp³-hybridized carbons (Fsp3) is 0.0833. The molecule has 0 spiro atoms. The van der Waals surface area contributed by atoms with E-state index in [1.165, 1.54) is 28.2 Å². The summed E-state index contributed by atoms with van der Waals surface area (Å²) in [7, 11) is 0. The molecule has 5 rings (SSSR count). The number of rotatable bonds is 2. The minimum absolute atomic E-state index is 0.275. The monoisotopic (exact) mass is 336 g/mol. The van der Waals surface area contributed by atoms with Crippen molar-refractivity contribution in [2.24, 2.45) is 0 Å². The van der Waals surface area contributed by atoms with E-state index in [9.17, 15) is 0 Å². The molecular weight excluding hydrogens is 316 g/mol. The molecule has 0 aromatic heterocycles. The lowest BCUT2D eigenvalue weighted by molar-refractivity contribution is 0.693. The van der Waals surface area contributed by atoms with Gasteiger partial charge in [-0.1, -0.05) is 78.9 Å². The van der Waals surface area contributed by atoms with Crippen LogP contribution in [-0.2, 0) is 0 Å². The molecule has 3 aromatic carbocycles. The number of allylic oxidation sites excluding steroid dienone is 2. The van der Waals surface area contributed by atoms with Crippen molar-refractivity contribution in [1.29, 1.82) is 0 Å². The Labute approximate surface area is 154 Å². The molecule has 2 heteroatoms. The summed E-state index contributed by atoms with van der Waals surface area (Å²) in [5, 5.41) is 3.66. The molecule has 1 aliphatic heterocycles. The van der Waals surface area contributed by atoms with E-state index in [0.717, 1.165) is 0 Å². The van der Waals surface area contributed by atoms with Gasteiger partial charge in [0.05, 0.1) is 23.5 Å². The average molecular weight is 336 g/mol. The highest BCUT2D eigenvalue weighted by atomic mass is 15.2. The van der Waals surface area contributed by atoms with Crippen LogP contribution >= 0.6 is 0 Å². The molecule has 1 heterocycles. The average Bonchev–Trinajstić information content (AvgIpc) is 2.73. The number of benzene rings is 3. The first-order chi connectivity index (χ1) is 12.9. The Morgan fingerprint density at radius 2 is 1.35 bits per heavy atom. The summed E-state index contributed by atoms with van der Waals surface area (Å²) in [5.41, 5.74) is 6.11. The molecule has 2 unspecified atom stereocenters. The lowest BCUT2D eigenvalue weighted by Gasteiger charge is -2.43. The zero-order valence-electron chi connectivity index (χ0n) is 14.4. The van der Waals surface area contributed by atoms with Crippen LogP contribution in [0.1, 0.15) is 0 Å². The minimum Gasteiger partial charge on any atom is -0.375 e. The lowest BCUT2D eigenvalue weighted by Crippen LogP contribution is -2.47. The van der Waals surface area contributed by atoms with Crippen LogP contribution in [0.3, 0.4) is 0 Å². The van der Waals surface area contributed by atoms with Crippen LogP contribution in [0.5, 0.6) is 0 Å². The van der Waals surface area contributed by atoms with Crippen molar-refractivity contribution in [1.82, 2.24) is 0 Å². The van der Waals surface area contributed by atoms with E-state index < -0.39 is 0 Å². The van der Waals surface area contributed by atoms with Gasteiger partial charge in [0.15, 0.2) is 0 Å². The van der Waals surface area contributed by atoms with Crippen LogP contribution in [0.25, 0.3) is 11.1 Å². The summed E-state index contributed by atoms with van der Waals surface area (Å²) in [6.45, 7) is 0. The molecule has 0 fully saturated rings. The predicted molar refractivity (Wildman–Crippen MR) is 110 cm³/mol. The molecule has 2 atom stereocenters. The molecule has 0 saturated heterocycles. The van der Waals surface area contributed by atoms with Crippen molar-refractivity contribution in [3.63, 3.8) is 0 Å². The van der Waals surface area contributed by atoms with E-state index >= 15 is 0 Å². The summed E-state index contributed by atoms with van der Waals surface area (Å²) in [6, 6.07) is 28.5. The van der Waals surface area contributed by atoms with Crippen molar-refractivity contribution in [2.75, 3.05) is 10.2 Å². The molecule has 2 nitrogen and oxygen atoms in total. The molecule has 1 aliphatic carbocycles. The Balaban J connectivity index is 1.57. The quantitative estimate of drug-likeness (QED) is 0.638. The number of hydrogen-bond acceptors (Lipinski definition) is 2. The maximum atomic E-state index is 3.66. The molecule has 26 heavy (non-hydrogen) atoms. The molecule has 0 saturated carbocycles. The van der Waals surface area contributed by atoms with Crippen LogP contribution in [0.15, 0.2) is 103 Å². The maximum absolute atomic E-state index is 3.66. The molecule has 2 aliphatic rings. The minimum atomic E-state index is 0.275. The van der Waals surface area contributed by atoms with Crippen LogP contribution in [-0.4, -0.2) is 12.1 Å². The van der Waals surface area contributed by atoms with E-state index in [1.54, 1.807) is 0 Å². The second-order valence-electron chi connectivity index (χ2n) is 6.73. The van der Waals surface area contributed by atoms with E-state index in [1.807, 2.05) is 0 Å². The first-order valence-electron chi connectivity index (χ1n) is 9.05. The fourth-order valence-electron chi connectivity index (χ4n) is 3.88. The second-order valence-corrected chi connectivity index (χ2v) is 6.73. The summed E-state index contributed by atoms with van der Waals surface area (Å²) >= 11 is 0. The predicted octanol–water partition coefficient (Wildman–Crippen LogP) is 5.78. The second kappa shape index (κ2) is 6.23. The molecule has 0 bridgehead atoms. The lowest BCUT2D eigenvalue weighted by atomic mass is 9.95. The number of para-hydroxylation sites is 2. The number of hydrogen-bond donors (Lipinski definition) is 1. The van der Waals surface area contributed by atoms with Gasteiger partial charge in [-0.3, -0.25) is 0 Å². The van der Waals surface area contributed by atoms with Crippen molar-refractivity contribution >= 4 is 17.1 Å². The fourth-order valence-corrected chi connectivity index (χ4v) is 3.88. The highest BCUT2D eigenvalue weighted by Crippen LogP contribution is 2.41. The molecular formula is C24H20N2. The van der Waals surface area contributed by atoms with Gasteiger partial charge in [0.2, 0.25) is 0 Å². The van der Waals surface area contributed by atoms with Crippen LogP contribution < -0.4 is 10.2 Å². The topological polar surface area (TPSA) is 15.3 Å². The first kappa shape index (κ1) is 15.0. The van der Waals surface area contributed by atoms with Crippen molar-refractivity contribution in [3.05, 3.63) is 103 Å². The van der Waals surface area contributed by atoms with E-state index in [-0.39, 0.29) is 12.1 Å². The Morgan fingerprint density at radius 3 is 2.19 bits per heavy atom. The highest BCUT2D eigenvalue weighted by molar-refractivity contribution is 5.82. The van der Waals surface area contributed by atoms with Gasteiger partial charge in [0, 0.05) is 5.69 Å². The first-order valence-corrected chi connectivity index (χ1v) is 9.05. The largest absolute Gasteiger partial charge is 0.375 e. The maximum Gasteiger partial charge on any atom is 0.0763 e. The third-order valence-electron chi connectivity index (χ3n) is 5.14. The summed E-state index contributed by atoms with van der Waals surface area (Å²) in [5.74, 6) is 0. The van der Waals surface area contributed by atoms with E-state index in [2.05, 4.69) is 113 Å². The van der Waals surface area contributed by atoms with Crippen molar-refractivity contribution in [3.8, 4) is 11.1 Å². The van der Waals surface area contributed by atoms with Gasteiger partial charge < -0.3 is 10.2 Å². The molecule has 0 amide bonds. The van der Waals surface area contributed by atoms with Crippen molar-refractivity contribution < 1.29 is 0 Å². The Hall–Kier alpha value is -3.26. The van der Waals surface area contributed by atoms with Gasteiger partial charge in [0.1, 0.15) is 0 Å². The van der Waals surface area contributed by atoms with Gasteiger partial charge in [0.25, 0.3) is 0 Å². The van der Waals surface area contributed by atoms with Crippen molar-refractivity contribution in [2.45, 2.75) is 12.1 Å². The van der Waals surface area contributed by atoms with Crippen LogP contribution in [0.2, 0.25) is 0 Å². The highest BCUT2D eigenvalue weighted by Gasteiger charge is 2.32. The molecule has 3 aromatic rings. The normalized spacial score (nSPS) is 20.2. The summed E-state index contributed by atoms with van der Waals surface area (Å²) < 4.78 is 0. The van der Waals surface area contributed by atoms with E-state index in [0.29, 0.717) is 0 Å². The standard InChI is InChI=1S/C24H20N2/c1-2-8-18(9-3-1)19-14-16-20(17-15-19)26-23-12-6-4-10-21(23)25-22-11-5-7-13-24(22)26/h1-17,21,23,25H. The van der Waals surface area contributed by atoms with Gasteiger partial charge in [-0.2, -0.15) is 0 Å². The molecule has 1 N–H and O–H groups in total. The number of nitrogens with zero attached hydrogens (tertiary/aromatic N) is 1. The third-order valence-corrected chi connectivity index (χ3v) is 5.14. The van der Waals surface area contributed by atoms with E-state index in [4.69, 9.17) is 0 Å². The Kier molecular flexibility index (Phi) is 3.60.